The SMILES string of the molecule is CCOP(=O)(OCC)/C(C)=C\N1C(=O)C=CN(C)C1S. The fraction of sp³-hybridized carbons (Fsp3) is 0.583. The molecule has 0 N–H and O–H groups in total. The Morgan fingerprint density at radius 2 is 2.00 bits per heavy atom. The van der Waals surface area contributed by atoms with Gasteiger partial charge >= 0.3 is 7.60 Å². The highest BCUT2D eigenvalue weighted by atomic mass is 32.1. The minimum atomic E-state index is -3.36. The summed E-state index contributed by atoms with van der Waals surface area (Å²) < 4.78 is 23.1. The molecule has 0 aliphatic carbocycles. The summed E-state index contributed by atoms with van der Waals surface area (Å²) in [5, 5.41) is 0.373. The molecule has 6 nitrogen and oxygen atoms in total. The molecule has 0 radical (unpaired) electrons. The number of rotatable bonds is 6. The van der Waals surface area contributed by atoms with E-state index in [2.05, 4.69) is 12.6 Å². The smallest absolute Gasteiger partial charge is 0.352 e. The largest absolute Gasteiger partial charge is 0.358 e. The Morgan fingerprint density at radius 3 is 2.50 bits per heavy atom. The Kier molecular flexibility index (Phi) is 6.33. The molecule has 0 saturated carbocycles. The highest BCUT2D eigenvalue weighted by Gasteiger charge is 2.30. The quantitative estimate of drug-likeness (QED) is 0.602. The van der Waals surface area contributed by atoms with Gasteiger partial charge in [-0.1, -0.05) is 0 Å². The van der Waals surface area contributed by atoms with Crippen molar-refractivity contribution in [3.63, 3.8) is 0 Å². The number of allylic oxidation sites excluding steroid dienone is 1. The maximum absolute atomic E-state index is 12.6. The fourth-order valence-electron chi connectivity index (χ4n) is 1.64. The first-order valence-electron chi connectivity index (χ1n) is 6.34. The first-order chi connectivity index (χ1) is 9.35. The van der Waals surface area contributed by atoms with Crippen LogP contribution in [0.3, 0.4) is 0 Å². The van der Waals surface area contributed by atoms with E-state index in [1.54, 1.807) is 38.9 Å². The lowest BCUT2D eigenvalue weighted by molar-refractivity contribution is -0.126. The van der Waals surface area contributed by atoms with Crippen LogP contribution in [-0.4, -0.2) is 41.5 Å². The summed E-state index contributed by atoms with van der Waals surface area (Å²) in [6.07, 6.45) is 4.54. The van der Waals surface area contributed by atoms with E-state index in [4.69, 9.17) is 9.05 Å². The third-order valence-electron chi connectivity index (χ3n) is 2.68. The van der Waals surface area contributed by atoms with Gasteiger partial charge in [-0.15, -0.1) is 12.6 Å². The van der Waals surface area contributed by atoms with Gasteiger partial charge in [-0.05, 0) is 20.8 Å². The van der Waals surface area contributed by atoms with E-state index in [-0.39, 0.29) is 19.1 Å². The van der Waals surface area contributed by atoms with Crippen LogP contribution in [0.5, 0.6) is 0 Å². The molecular formula is C12H21N2O4PS. The van der Waals surface area contributed by atoms with Crippen LogP contribution in [0.4, 0.5) is 0 Å². The predicted molar refractivity (Wildman–Crippen MR) is 81.1 cm³/mol. The van der Waals surface area contributed by atoms with Crippen LogP contribution >= 0.6 is 20.2 Å². The molecule has 0 aromatic heterocycles. The van der Waals surface area contributed by atoms with Gasteiger partial charge in [0.05, 0.1) is 18.5 Å². The Hall–Kier alpha value is -0.750. The number of hydrogen-bond donors (Lipinski definition) is 1. The minimum absolute atomic E-state index is 0.234. The van der Waals surface area contributed by atoms with E-state index in [0.717, 1.165) is 0 Å². The number of nitrogens with zero attached hydrogens (tertiary/aromatic N) is 2. The Bertz CT molecular complexity index is 456. The summed E-state index contributed by atoms with van der Waals surface area (Å²) in [7, 11) is -1.57. The van der Waals surface area contributed by atoms with Crippen molar-refractivity contribution in [2.75, 3.05) is 20.3 Å². The van der Waals surface area contributed by atoms with E-state index in [0.29, 0.717) is 5.31 Å². The third kappa shape index (κ3) is 3.88. The van der Waals surface area contributed by atoms with Crippen molar-refractivity contribution in [2.45, 2.75) is 26.3 Å². The highest BCUT2D eigenvalue weighted by molar-refractivity contribution is 7.80. The van der Waals surface area contributed by atoms with E-state index < -0.39 is 13.1 Å². The standard InChI is InChI=1S/C12H21N2O4PS/c1-5-17-19(16,18-6-2)10(3)9-14-11(15)7-8-13(4)12(14)20/h7-9,12,20H,5-6H2,1-4H3/b10-9-. The molecule has 0 saturated heterocycles. The lowest BCUT2D eigenvalue weighted by atomic mass is 10.4. The van der Waals surface area contributed by atoms with Gasteiger partial charge in [-0.25, -0.2) is 0 Å². The van der Waals surface area contributed by atoms with Crippen LogP contribution in [0.2, 0.25) is 0 Å². The van der Waals surface area contributed by atoms with Crippen molar-refractivity contribution in [3.8, 4) is 0 Å². The summed E-state index contributed by atoms with van der Waals surface area (Å²) in [6, 6.07) is 0. The van der Waals surface area contributed by atoms with Crippen LogP contribution in [0.1, 0.15) is 20.8 Å². The van der Waals surface area contributed by atoms with Gasteiger partial charge in [0.15, 0.2) is 5.50 Å². The summed E-state index contributed by atoms with van der Waals surface area (Å²) in [4.78, 5) is 15.0. The lowest BCUT2D eigenvalue weighted by Gasteiger charge is -2.34. The van der Waals surface area contributed by atoms with Gasteiger partial charge < -0.3 is 13.9 Å². The van der Waals surface area contributed by atoms with Gasteiger partial charge in [0.1, 0.15) is 0 Å². The van der Waals surface area contributed by atoms with Crippen molar-refractivity contribution in [1.82, 2.24) is 9.80 Å². The third-order valence-corrected chi connectivity index (χ3v) is 5.46. The average Bonchev–Trinajstić information content (AvgIpc) is 2.39. The Labute approximate surface area is 125 Å². The molecule has 1 unspecified atom stereocenters. The monoisotopic (exact) mass is 320 g/mol. The van der Waals surface area contributed by atoms with E-state index >= 15 is 0 Å². The first kappa shape index (κ1) is 17.3. The molecule has 1 aliphatic heterocycles. The van der Waals surface area contributed by atoms with Gasteiger partial charge in [-0.3, -0.25) is 14.3 Å². The molecule has 1 rings (SSSR count). The number of amides is 1. The van der Waals surface area contributed by atoms with Crippen LogP contribution < -0.4 is 0 Å². The maximum atomic E-state index is 12.6. The minimum Gasteiger partial charge on any atom is -0.352 e. The predicted octanol–water partition coefficient (Wildman–Crippen LogP) is 2.61. The van der Waals surface area contributed by atoms with Gasteiger partial charge in [0.25, 0.3) is 5.91 Å². The normalized spacial score (nSPS) is 20.8. The second-order valence-electron chi connectivity index (χ2n) is 4.18. The van der Waals surface area contributed by atoms with Crippen LogP contribution in [0.25, 0.3) is 0 Å². The summed E-state index contributed by atoms with van der Waals surface area (Å²) in [6.45, 7) is 5.63. The Balaban J connectivity index is 3.04. The van der Waals surface area contributed by atoms with E-state index in [1.165, 1.54) is 17.2 Å². The number of carbonyl (C=O) groups is 1. The second kappa shape index (κ2) is 7.31. The molecule has 1 atom stereocenters. The zero-order valence-corrected chi connectivity index (χ0v) is 13.9. The van der Waals surface area contributed by atoms with Gasteiger partial charge in [0.2, 0.25) is 0 Å². The summed E-state index contributed by atoms with van der Waals surface area (Å²) in [5.74, 6) is -0.234. The molecule has 1 aliphatic rings. The molecule has 0 aromatic rings. The Morgan fingerprint density at radius 1 is 1.45 bits per heavy atom. The molecule has 1 amide bonds. The molecule has 0 aromatic carbocycles. The molecule has 114 valence electrons. The molecule has 0 fully saturated rings. The van der Waals surface area contributed by atoms with E-state index in [1.807, 2.05) is 0 Å². The zero-order valence-electron chi connectivity index (χ0n) is 12.1. The fourth-order valence-corrected chi connectivity index (χ4v) is 3.32. The number of carbonyl (C=O) groups excluding carboxylic acids is 1. The molecule has 1 heterocycles. The van der Waals surface area contributed by atoms with Crippen LogP contribution in [0, 0.1) is 0 Å². The van der Waals surface area contributed by atoms with Gasteiger partial charge in [-0.2, -0.15) is 0 Å². The van der Waals surface area contributed by atoms with Crippen molar-refractivity contribution in [3.05, 3.63) is 23.8 Å². The second-order valence-corrected chi connectivity index (χ2v) is 6.86. The average molecular weight is 320 g/mol. The lowest BCUT2D eigenvalue weighted by Crippen LogP contribution is -2.43. The summed E-state index contributed by atoms with van der Waals surface area (Å²) >= 11 is 4.35. The first-order valence-corrected chi connectivity index (χ1v) is 8.40. The summed E-state index contributed by atoms with van der Waals surface area (Å²) in [5.41, 5.74) is -0.459. The topological polar surface area (TPSA) is 59.1 Å². The molecule has 0 bridgehead atoms. The van der Waals surface area contributed by atoms with Crippen molar-refractivity contribution in [1.29, 1.82) is 0 Å². The van der Waals surface area contributed by atoms with Crippen molar-refractivity contribution >= 4 is 26.1 Å². The maximum Gasteiger partial charge on any atom is 0.358 e. The van der Waals surface area contributed by atoms with E-state index in [9.17, 15) is 9.36 Å². The number of hydrogen-bond acceptors (Lipinski definition) is 6. The number of thiol groups is 1. The van der Waals surface area contributed by atoms with Crippen molar-refractivity contribution < 1.29 is 18.4 Å². The molecular weight excluding hydrogens is 299 g/mol. The highest BCUT2D eigenvalue weighted by Crippen LogP contribution is 2.55. The molecule has 8 heteroatoms. The molecule has 0 spiro atoms. The molecule has 20 heavy (non-hydrogen) atoms. The van der Waals surface area contributed by atoms with Crippen molar-refractivity contribution in [2.24, 2.45) is 0 Å². The van der Waals surface area contributed by atoms with Crippen LogP contribution in [0.15, 0.2) is 23.8 Å². The zero-order chi connectivity index (χ0) is 15.3. The van der Waals surface area contributed by atoms with Gasteiger partial charge in [0, 0.05) is 25.5 Å². The van der Waals surface area contributed by atoms with Crippen LogP contribution in [-0.2, 0) is 18.4 Å².